The minimum atomic E-state index is -2.94. The van der Waals surface area contributed by atoms with Crippen LogP contribution in [0.4, 0.5) is 13.6 Å². The molecule has 0 aromatic heterocycles. The zero-order valence-corrected chi connectivity index (χ0v) is 18.2. The summed E-state index contributed by atoms with van der Waals surface area (Å²) >= 11 is 0. The van der Waals surface area contributed by atoms with Crippen molar-refractivity contribution in [3.05, 3.63) is 23.8 Å². The highest BCUT2D eigenvalue weighted by molar-refractivity contribution is 6.07. The van der Waals surface area contributed by atoms with Crippen molar-refractivity contribution in [2.75, 3.05) is 20.3 Å². The van der Waals surface area contributed by atoms with E-state index in [-0.39, 0.29) is 30.1 Å². The molecule has 1 aliphatic heterocycles. The molecule has 1 heterocycles. The van der Waals surface area contributed by atoms with Crippen LogP contribution < -0.4 is 14.8 Å². The van der Waals surface area contributed by atoms with Crippen LogP contribution in [0, 0.1) is 0 Å². The van der Waals surface area contributed by atoms with Gasteiger partial charge < -0.3 is 14.8 Å². The third kappa shape index (κ3) is 5.64. The molecule has 2 aliphatic rings. The average Bonchev–Trinajstić information content (AvgIpc) is 2.91. The SMILES string of the molecule is CCOc1cc(CN(C)CN2C(=O)NC3(CCCCCCC3)C2=O)ccc1OC(F)F. The first-order valence-corrected chi connectivity index (χ1v) is 10.9. The minimum absolute atomic E-state index is 0.0245. The van der Waals surface area contributed by atoms with Gasteiger partial charge >= 0.3 is 12.6 Å². The van der Waals surface area contributed by atoms with Crippen molar-refractivity contribution < 1.29 is 27.8 Å². The molecule has 0 atom stereocenters. The molecule has 1 saturated carbocycles. The van der Waals surface area contributed by atoms with E-state index < -0.39 is 12.2 Å². The lowest BCUT2D eigenvalue weighted by molar-refractivity contribution is -0.133. The summed E-state index contributed by atoms with van der Waals surface area (Å²) in [6.07, 6.45) is 6.57. The maximum atomic E-state index is 13.1. The topological polar surface area (TPSA) is 71.1 Å². The number of halogens is 2. The van der Waals surface area contributed by atoms with Gasteiger partial charge in [-0.25, -0.2) is 9.69 Å². The molecule has 1 spiro atoms. The monoisotopic (exact) mass is 439 g/mol. The molecule has 3 rings (SSSR count). The van der Waals surface area contributed by atoms with Crippen LogP contribution in [0.3, 0.4) is 0 Å². The number of carbonyl (C=O) groups is 2. The summed E-state index contributed by atoms with van der Waals surface area (Å²) in [7, 11) is 1.80. The normalized spacial score (nSPS) is 19.0. The summed E-state index contributed by atoms with van der Waals surface area (Å²) < 4.78 is 35.1. The molecule has 1 N–H and O–H groups in total. The van der Waals surface area contributed by atoms with Crippen LogP contribution in [0.25, 0.3) is 0 Å². The van der Waals surface area contributed by atoms with Gasteiger partial charge in [0.15, 0.2) is 11.5 Å². The van der Waals surface area contributed by atoms with Crippen molar-refractivity contribution in [1.29, 1.82) is 0 Å². The van der Waals surface area contributed by atoms with E-state index in [1.807, 2.05) is 4.90 Å². The summed E-state index contributed by atoms with van der Waals surface area (Å²) in [5, 5.41) is 2.96. The first-order chi connectivity index (χ1) is 14.8. The lowest BCUT2D eigenvalue weighted by Gasteiger charge is -2.29. The zero-order chi connectivity index (χ0) is 22.4. The summed E-state index contributed by atoms with van der Waals surface area (Å²) in [5.41, 5.74) is 0.0228. The van der Waals surface area contributed by atoms with Gasteiger partial charge in [-0.05, 0) is 44.5 Å². The van der Waals surface area contributed by atoms with Gasteiger partial charge in [-0.2, -0.15) is 8.78 Å². The molecule has 0 unspecified atom stereocenters. The number of hydrogen-bond donors (Lipinski definition) is 1. The Balaban J connectivity index is 1.66. The number of nitrogens with zero attached hydrogens (tertiary/aromatic N) is 2. The molecule has 1 aromatic rings. The molecule has 7 nitrogen and oxygen atoms in total. The summed E-state index contributed by atoms with van der Waals surface area (Å²) in [6.45, 7) is -0.324. The summed E-state index contributed by atoms with van der Waals surface area (Å²) in [5.74, 6) is 0.0580. The first kappa shape index (κ1) is 23.2. The van der Waals surface area contributed by atoms with Crippen molar-refractivity contribution in [1.82, 2.24) is 15.1 Å². The molecule has 0 radical (unpaired) electrons. The van der Waals surface area contributed by atoms with Crippen LogP contribution in [-0.2, 0) is 11.3 Å². The Kier molecular flexibility index (Phi) is 7.69. The maximum Gasteiger partial charge on any atom is 0.387 e. The number of nitrogens with one attached hydrogen (secondary N) is 1. The fraction of sp³-hybridized carbons (Fsp3) is 0.636. The van der Waals surface area contributed by atoms with Crippen molar-refractivity contribution >= 4 is 11.9 Å². The Hall–Kier alpha value is -2.42. The van der Waals surface area contributed by atoms with Gasteiger partial charge in [0.1, 0.15) is 5.54 Å². The highest BCUT2D eigenvalue weighted by Gasteiger charge is 2.50. The van der Waals surface area contributed by atoms with E-state index >= 15 is 0 Å². The summed E-state index contributed by atoms with van der Waals surface area (Å²) in [4.78, 5) is 28.8. The van der Waals surface area contributed by atoms with Crippen LogP contribution in [0.5, 0.6) is 11.5 Å². The van der Waals surface area contributed by atoms with Gasteiger partial charge in [-0.3, -0.25) is 9.69 Å². The predicted molar refractivity (Wildman–Crippen MR) is 111 cm³/mol. The van der Waals surface area contributed by atoms with E-state index in [2.05, 4.69) is 10.1 Å². The summed E-state index contributed by atoms with van der Waals surface area (Å²) in [6, 6.07) is 4.39. The smallest absolute Gasteiger partial charge is 0.387 e. The quantitative estimate of drug-likeness (QED) is 0.618. The molecule has 172 valence electrons. The van der Waals surface area contributed by atoms with Crippen LogP contribution in [0.15, 0.2) is 18.2 Å². The number of rotatable bonds is 8. The van der Waals surface area contributed by atoms with Crippen molar-refractivity contribution in [3.63, 3.8) is 0 Å². The zero-order valence-electron chi connectivity index (χ0n) is 18.2. The van der Waals surface area contributed by atoms with Crippen LogP contribution in [-0.4, -0.2) is 54.2 Å². The molecule has 2 fully saturated rings. The molecule has 0 bridgehead atoms. The third-order valence-corrected chi connectivity index (χ3v) is 5.81. The van der Waals surface area contributed by atoms with Gasteiger partial charge in [-0.15, -0.1) is 0 Å². The molecule has 3 amide bonds. The largest absolute Gasteiger partial charge is 0.490 e. The van der Waals surface area contributed by atoms with Gasteiger partial charge in [0.05, 0.1) is 13.3 Å². The number of ether oxygens (including phenoxy) is 2. The Morgan fingerprint density at radius 1 is 1.13 bits per heavy atom. The van der Waals surface area contributed by atoms with E-state index in [0.29, 0.717) is 26.0 Å². The van der Waals surface area contributed by atoms with Gasteiger partial charge in [0.2, 0.25) is 0 Å². The molecule has 31 heavy (non-hydrogen) atoms. The highest BCUT2D eigenvalue weighted by Crippen LogP contribution is 2.33. The van der Waals surface area contributed by atoms with Crippen LogP contribution in [0.2, 0.25) is 0 Å². The fourth-order valence-corrected chi connectivity index (χ4v) is 4.37. The molecular weight excluding hydrogens is 408 g/mol. The van der Waals surface area contributed by atoms with Gasteiger partial charge in [0.25, 0.3) is 5.91 Å². The van der Waals surface area contributed by atoms with Crippen molar-refractivity contribution in [2.45, 2.75) is 70.6 Å². The minimum Gasteiger partial charge on any atom is -0.490 e. The Labute approximate surface area is 181 Å². The highest BCUT2D eigenvalue weighted by atomic mass is 19.3. The third-order valence-electron chi connectivity index (χ3n) is 5.81. The second-order valence-electron chi connectivity index (χ2n) is 8.26. The number of imide groups is 1. The van der Waals surface area contributed by atoms with E-state index in [0.717, 1.165) is 31.2 Å². The standard InChI is InChI=1S/C22H31F2N3O4/c1-3-30-18-13-16(9-10-17(18)31-20(23)24)14-26(2)15-27-19(28)22(25-21(27)29)11-7-5-4-6-8-12-22/h9-10,13,20H,3-8,11-12,14-15H2,1-2H3,(H,25,29). The second-order valence-corrected chi connectivity index (χ2v) is 8.26. The van der Waals surface area contributed by atoms with E-state index in [9.17, 15) is 18.4 Å². The molecule has 9 heteroatoms. The average molecular weight is 440 g/mol. The predicted octanol–water partition coefficient (Wildman–Crippen LogP) is 4.11. The number of carbonyl (C=O) groups excluding carboxylic acids is 2. The van der Waals surface area contributed by atoms with Crippen LogP contribution in [0.1, 0.15) is 57.4 Å². The first-order valence-electron chi connectivity index (χ1n) is 10.9. The Morgan fingerprint density at radius 2 is 1.81 bits per heavy atom. The lowest BCUT2D eigenvalue weighted by atomic mass is 9.84. The molecular formula is C22H31F2N3O4. The molecule has 1 aromatic carbocycles. The van der Waals surface area contributed by atoms with Gasteiger partial charge in [0, 0.05) is 6.54 Å². The van der Waals surface area contributed by atoms with Crippen LogP contribution >= 0.6 is 0 Å². The Bertz CT molecular complexity index is 782. The fourth-order valence-electron chi connectivity index (χ4n) is 4.37. The number of amides is 3. The number of urea groups is 1. The lowest BCUT2D eigenvalue weighted by Crippen LogP contribution is -2.48. The molecule has 1 aliphatic carbocycles. The number of alkyl halides is 2. The second kappa shape index (κ2) is 10.3. The van der Waals surface area contributed by atoms with Crippen molar-refractivity contribution in [2.24, 2.45) is 0 Å². The van der Waals surface area contributed by atoms with E-state index in [1.165, 1.54) is 17.4 Å². The van der Waals surface area contributed by atoms with Crippen molar-refractivity contribution in [3.8, 4) is 11.5 Å². The Morgan fingerprint density at radius 3 is 2.45 bits per heavy atom. The van der Waals surface area contributed by atoms with Gasteiger partial charge in [-0.1, -0.05) is 38.2 Å². The number of benzene rings is 1. The van der Waals surface area contributed by atoms with E-state index in [1.54, 1.807) is 26.1 Å². The van der Waals surface area contributed by atoms with E-state index in [4.69, 9.17) is 4.74 Å². The maximum absolute atomic E-state index is 13.1. The number of hydrogen-bond acceptors (Lipinski definition) is 5. The molecule has 1 saturated heterocycles.